The fraction of sp³-hybridized carbons (Fsp3) is 0.500. The molecule has 0 aromatic carbocycles. The van der Waals surface area contributed by atoms with E-state index in [2.05, 4.69) is 9.97 Å². The standard InChI is InChI=1S/C22H27N5O3/c1-22(2,3)21(30)27-11-4-5-17(27)18-24-16-13-26(12-8-15(16)19(28)25-18)20(29)14-6-9-23-10-7-14/h6-7,9-10,17H,4-5,8,11-13H2,1-3H3,(H,24,25,28)/t17-/m0/s1. The van der Waals surface area contributed by atoms with Crippen LogP contribution in [-0.4, -0.2) is 49.7 Å². The zero-order chi connectivity index (χ0) is 21.5. The summed E-state index contributed by atoms with van der Waals surface area (Å²) in [7, 11) is 0. The number of carbonyl (C=O) groups excluding carboxylic acids is 2. The Labute approximate surface area is 175 Å². The molecule has 0 saturated carbocycles. The van der Waals surface area contributed by atoms with Gasteiger partial charge in [0.15, 0.2) is 0 Å². The number of nitrogens with one attached hydrogen (secondary N) is 1. The van der Waals surface area contributed by atoms with Gasteiger partial charge < -0.3 is 14.8 Å². The van der Waals surface area contributed by atoms with Gasteiger partial charge in [-0.1, -0.05) is 20.8 Å². The third-order valence-corrected chi connectivity index (χ3v) is 5.78. The van der Waals surface area contributed by atoms with Crippen molar-refractivity contribution in [1.29, 1.82) is 0 Å². The van der Waals surface area contributed by atoms with E-state index in [9.17, 15) is 14.4 Å². The largest absolute Gasteiger partial charge is 0.332 e. The molecule has 0 aliphatic carbocycles. The van der Waals surface area contributed by atoms with Gasteiger partial charge in [-0.2, -0.15) is 0 Å². The van der Waals surface area contributed by atoms with Gasteiger partial charge >= 0.3 is 0 Å². The van der Waals surface area contributed by atoms with Crippen LogP contribution in [0.1, 0.15) is 67.1 Å². The number of carbonyl (C=O) groups is 2. The van der Waals surface area contributed by atoms with Crippen molar-refractivity contribution in [3.05, 3.63) is 57.5 Å². The second-order valence-electron chi connectivity index (χ2n) is 9.00. The van der Waals surface area contributed by atoms with Gasteiger partial charge in [-0.05, 0) is 31.4 Å². The molecule has 8 heteroatoms. The molecule has 30 heavy (non-hydrogen) atoms. The van der Waals surface area contributed by atoms with Crippen molar-refractivity contribution in [3.8, 4) is 0 Å². The maximum atomic E-state index is 12.9. The average Bonchev–Trinajstić information content (AvgIpc) is 3.22. The van der Waals surface area contributed by atoms with Gasteiger partial charge in [0.1, 0.15) is 5.82 Å². The maximum absolute atomic E-state index is 12.9. The minimum atomic E-state index is -0.495. The van der Waals surface area contributed by atoms with Crippen molar-refractivity contribution < 1.29 is 9.59 Å². The van der Waals surface area contributed by atoms with Gasteiger partial charge in [-0.3, -0.25) is 19.4 Å². The Balaban J connectivity index is 1.62. The monoisotopic (exact) mass is 409 g/mol. The number of aromatic amines is 1. The van der Waals surface area contributed by atoms with E-state index in [4.69, 9.17) is 4.98 Å². The highest BCUT2D eigenvalue weighted by molar-refractivity contribution is 5.94. The lowest BCUT2D eigenvalue weighted by Crippen LogP contribution is -2.42. The van der Waals surface area contributed by atoms with Crippen LogP contribution >= 0.6 is 0 Å². The summed E-state index contributed by atoms with van der Waals surface area (Å²) in [4.78, 5) is 53.6. The summed E-state index contributed by atoms with van der Waals surface area (Å²) in [5, 5.41) is 0. The molecule has 0 radical (unpaired) electrons. The van der Waals surface area contributed by atoms with Crippen molar-refractivity contribution in [3.63, 3.8) is 0 Å². The first kappa shape index (κ1) is 20.3. The predicted octanol–water partition coefficient (Wildman–Crippen LogP) is 2.07. The first-order chi connectivity index (χ1) is 14.3. The summed E-state index contributed by atoms with van der Waals surface area (Å²) in [5.74, 6) is 0.476. The number of rotatable bonds is 2. The highest BCUT2D eigenvalue weighted by atomic mass is 16.2. The Morgan fingerprint density at radius 3 is 2.60 bits per heavy atom. The fourth-order valence-corrected chi connectivity index (χ4v) is 4.19. The molecular formula is C22H27N5O3. The molecule has 4 heterocycles. The Hall–Kier alpha value is -3.03. The van der Waals surface area contributed by atoms with Gasteiger partial charge in [0, 0.05) is 42.0 Å². The molecular weight excluding hydrogens is 382 g/mol. The van der Waals surface area contributed by atoms with Gasteiger partial charge in [-0.25, -0.2) is 4.98 Å². The molecule has 2 amide bonds. The number of fused-ring (bicyclic) bond motifs is 1. The lowest BCUT2D eigenvalue weighted by atomic mass is 9.94. The first-order valence-electron chi connectivity index (χ1n) is 10.4. The molecule has 0 bridgehead atoms. The molecule has 2 aliphatic rings. The molecule has 0 unspecified atom stereocenters. The zero-order valence-electron chi connectivity index (χ0n) is 17.6. The molecule has 1 atom stereocenters. The van der Waals surface area contributed by atoms with E-state index in [0.29, 0.717) is 42.2 Å². The summed E-state index contributed by atoms with van der Waals surface area (Å²) >= 11 is 0. The van der Waals surface area contributed by atoms with Crippen LogP contribution in [0, 0.1) is 5.41 Å². The van der Waals surface area contributed by atoms with Crippen molar-refractivity contribution >= 4 is 11.8 Å². The summed E-state index contributed by atoms with van der Waals surface area (Å²) in [6.45, 7) is 7.11. The van der Waals surface area contributed by atoms with Crippen LogP contribution in [0.5, 0.6) is 0 Å². The molecule has 2 aromatic heterocycles. The van der Waals surface area contributed by atoms with Crippen LogP contribution in [-0.2, 0) is 17.8 Å². The molecule has 1 fully saturated rings. The quantitative estimate of drug-likeness (QED) is 0.819. The number of hydrogen-bond acceptors (Lipinski definition) is 5. The lowest BCUT2D eigenvalue weighted by molar-refractivity contribution is -0.140. The molecule has 1 saturated heterocycles. The number of H-pyrrole nitrogens is 1. The van der Waals surface area contributed by atoms with Crippen LogP contribution in [0.15, 0.2) is 29.3 Å². The zero-order valence-corrected chi connectivity index (χ0v) is 17.6. The lowest BCUT2D eigenvalue weighted by Gasteiger charge is -2.32. The van der Waals surface area contributed by atoms with E-state index < -0.39 is 5.41 Å². The predicted molar refractivity (Wildman–Crippen MR) is 111 cm³/mol. The van der Waals surface area contributed by atoms with E-state index in [0.717, 1.165) is 12.8 Å². The number of hydrogen-bond donors (Lipinski definition) is 1. The van der Waals surface area contributed by atoms with Crippen LogP contribution in [0.2, 0.25) is 0 Å². The smallest absolute Gasteiger partial charge is 0.254 e. The van der Waals surface area contributed by atoms with E-state index in [1.54, 1.807) is 29.4 Å². The van der Waals surface area contributed by atoms with E-state index >= 15 is 0 Å². The van der Waals surface area contributed by atoms with E-state index in [1.165, 1.54) is 0 Å². The molecule has 2 aliphatic heterocycles. The summed E-state index contributed by atoms with van der Waals surface area (Å²) in [5.41, 5.74) is 1.16. The SMILES string of the molecule is CC(C)(C)C(=O)N1CCC[C@H]1c1nc2c(c(=O)[nH]1)CCN(C(=O)c1ccncc1)C2. The van der Waals surface area contributed by atoms with Gasteiger partial charge in [0.2, 0.25) is 5.91 Å². The number of amides is 2. The first-order valence-corrected chi connectivity index (χ1v) is 10.4. The molecule has 4 rings (SSSR count). The summed E-state index contributed by atoms with van der Waals surface area (Å²) < 4.78 is 0. The van der Waals surface area contributed by atoms with Crippen molar-refractivity contribution in [2.24, 2.45) is 5.41 Å². The Morgan fingerprint density at radius 2 is 1.90 bits per heavy atom. The minimum absolute atomic E-state index is 0.0554. The van der Waals surface area contributed by atoms with Crippen molar-refractivity contribution in [2.75, 3.05) is 13.1 Å². The van der Waals surface area contributed by atoms with Crippen molar-refractivity contribution in [2.45, 2.75) is 52.6 Å². The number of nitrogens with zero attached hydrogens (tertiary/aromatic N) is 4. The second kappa shape index (κ2) is 7.66. The number of likely N-dealkylation sites (tertiary alicyclic amines) is 1. The minimum Gasteiger partial charge on any atom is -0.332 e. The van der Waals surface area contributed by atoms with Gasteiger partial charge in [-0.15, -0.1) is 0 Å². The van der Waals surface area contributed by atoms with Gasteiger partial charge in [0.25, 0.3) is 11.5 Å². The summed E-state index contributed by atoms with van der Waals surface area (Å²) in [6, 6.07) is 3.13. The Bertz CT molecular complexity index is 1030. The average molecular weight is 409 g/mol. The molecule has 2 aromatic rings. The second-order valence-corrected chi connectivity index (χ2v) is 9.00. The van der Waals surface area contributed by atoms with Crippen LogP contribution in [0.4, 0.5) is 0 Å². The van der Waals surface area contributed by atoms with Gasteiger partial charge in [0.05, 0.1) is 18.3 Å². The van der Waals surface area contributed by atoms with E-state index in [-0.39, 0.29) is 30.0 Å². The fourth-order valence-electron chi connectivity index (χ4n) is 4.19. The molecule has 8 nitrogen and oxygen atoms in total. The maximum Gasteiger partial charge on any atom is 0.254 e. The number of aromatic nitrogens is 3. The number of pyridine rings is 1. The van der Waals surface area contributed by atoms with Crippen LogP contribution < -0.4 is 5.56 Å². The third-order valence-electron chi connectivity index (χ3n) is 5.78. The normalized spacial score (nSPS) is 19.0. The van der Waals surface area contributed by atoms with Crippen LogP contribution in [0.3, 0.4) is 0 Å². The highest BCUT2D eigenvalue weighted by Gasteiger charge is 2.37. The van der Waals surface area contributed by atoms with Crippen molar-refractivity contribution in [1.82, 2.24) is 24.8 Å². The molecule has 158 valence electrons. The third kappa shape index (κ3) is 3.74. The van der Waals surface area contributed by atoms with Crippen LogP contribution in [0.25, 0.3) is 0 Å². The Morgan fingerprint density at radius 1 is 1.17 bits per heavy atom. The van der Waals surface area contributed by atoms with E-state index in [1.807, 2.05) is 25.7 Å². The Kier molecular flexibility index (Phi) is 5.17. The topological polar surface area (TPSA) is 99.3 Å². The summed E-state index contributed by atoms with van der Waals surface area (Å²) in [6.07, 6.45) is 5.29. The molecule has 1 N–H and O–H groups in total. The highest BCUT2D eigenvalue weighted by Crippen LogP contribution is 2.34. The molecule has 0 spiro atoms.